The quantitative estimate of drug-likeness (QED) is 0.320. The van der Waals surface area contributed by atoms with E-state index < -0.39 is 0 Å². The fourth-order valence-electron chi connectivity index (χ4n) is 1.56. The monoisotopic (exact) mass is 204 g/mol. The summed E-state index contributed by atoms with van der Waals surface area (Å²) in [4.78, 5) is 9.31. The first-order chi connectivity index (χ1) is 6.83. The third-order valence-corrected chi connectivity index (χ3v) is 2.60. The second kappa shape index (κ2) is 7.14. The van der Waals surface area contributed by atoms with E-state index in [4.69, 9.17) is 5.90 Å². The van der Waals surface area contributed by atoms with Crippen molar-refractivity contribution in [2.24, 2.45) is 5.90 Å². The summed E-state index contributed by atoms with van der Waals surface area (Å²) in [6, 6.07) is 0. The van der Waals surface area contributed by atoms with Crippen LogP contribution in [-0.2, 0) is 4.84 Å². The third-order valence-electron chi connectivity index (χ3n) is 2.60. The summed E-state index contributed by atoms with van der Waals surface area (Å²) < 4.78 is 0. The van der Waals surface area contributed by atoms with E-state index in [2.05, 4.69) is 27.0 Å². The van der Waals surface area contributed by atoms with Gasteiger partial charge in [-0.3, -0.25) is 4.90 Å². The van der Waals surface area contributed by atoms with Crippen molar-refractivity contribution >= 4 is 0 Å². The lowest BCUT2D eigenvalue weighted by atomic mass is 10.4. The largest absolute Gasteiger partial charge is 0.313 e. The van der Waals surface area contributed by atoms with E-state index >= 15 is 0 Å². The minimum absolute atomic E-state index is 0.586. The molecule has 84 valence electrons. The number of nitrogens with two attached hydrogens (primary N) is 1. The maximum Gasteiger partial charge on any atom is 0.0803 e. The summed E-state index contributed by atoms with van der Waals surface area (Å²) in [5.41, 5.74) is 0. The van der Waals surface area contributed by atoms with Crippen LogP contribution in [0.1, 0.15) is 0 Å². The molecule has 0 spiro atoms. The molecule has 1 saturated heterocycles. The van der Waals surface area contributed by atoms with Crippen LogP contribution in [0, 0.1) is 0 Å². The van der Waals surface area contributed by atoms with Crippen molar-refractivity contribution in [1.29, 1.82) is 0 Å². The van der Waals surface area contributed by atoms with Gasteiger partial charge in [0.2, 0.25) is 0 Å². The summed E-state index contributed by atoms with van der Waals surface area (Å²) in [7, 11) is 2.17. The molecule has 1 heterocycles. The van der Waals surface area contributed by atoms with Gasteiger partial charge in [0.25, 0.3) is 0 Å². The summed E-state index contributed by atoms with van der Waals surface area (Å²) in [6.45, 7) is 8.31. The van der Waals surface area contributed by atoms with E-state index in [-0.39, 0.29) is 0 Å². The summed E-state index contributed by atoms with van der Waals surface area (Å²) in [5.74, 6) is 4.91. The van der Waals surface area contributed by atoms with Gasteiger partial charge < -0.3 is 15.1 Å². The molecule has 1 aliphatic heterocycles. The number of likely N-dealkylation sites (N-methyl/N-ethyl adjacent to an activating group) is 1. The molecule has 5 nitrogen and oxygen atoms in total. The Bertz CT molecular complexity index is 137. The molecule has 0 atom stereocenters. The molecule has 0 saturated carbocycles. The molecule has 1 fully saturated rings. The number of hydrogen-bond acceptors (Lipinski definition) is 5. The SMILES string of the molecule is CN1CCN([13CH2][13CH2]NCCON)CC1. The van der Waals surface area contributed by atoms with Crippen LogP contribution in [0.3, 0.4) is 0 Å². The first-order valence-corrected chi connectivity index (χ1v) is 5.26. The van der Waals surface area contributed by atoms with Crippen molar-refractivity contribution in [3.8, 4) is 0 Å². The van der Waals surface area contributed by atoms with Crippen LogP contribution in [0.25, 0.3) is 0 Å². The van der Waals surface area contributed by atoms with Crippen LogP contribution in [-0.4, -0.2) is 69.3 Å². The van der Waals surface area contributed by atoms with Gasteiger partial charge in [-0.05, 0) is 7.05 Å². The van der Waals surface area contributed by atoms with E-state index in [9.17, 15) is 0 Å². The molecule has 0 amide bonds. The Labute approximate surface area is 86.1 Å². The standard InChI is InChI=1S/C9H22N4O/c1-12-5-7-13(8-6-12)4-2-11-3-9-14-10/h11H,2-10H2,1H3/i2+1,4+1. The average Bonchev–Trinajstić information content (AvgIpc) is 2.21. The summed E-state index contributed by atoms with van der Waals surface area (Å²) in [6.07, 6.45) is 0. The minimum atomic E-state index is 0.586. The highest BCUT2D eigenvalue weighted by atomic mass is 16.6. The molecule has 5 heteroatoms. The van der Waals surface area contributed by atoms with E-state index in [0.717, 1.165) is 19.6 Å². The van der Waals surface area contributed by atoms with Crippen LogP contribution in [0.5, 0.6) is 0 Å². The fourth-order valence-corrected chi connectivity index (χ4v) is 1.56. The van der Waals surface area contributed by atoms with Crippen LogP contribution in [0.15, 0.2) is 0 Å². The van der Waals surface area contributed by atoms with Gasteiger partial charge >= 0.3 is 0 Å². The van der Waals surface area contributed by atoms with E-state index in [1.807, 2.05) is 0 Å². The van der Waals surface area contributed by atoms with Gasteiger partial charge in [0.15, 0.2) is 0 Å². The van der Waals surface area contributed by atoms with Gasteiger partial charge in [0.05, 0.1) is 6.61 Å². The Morgan fingerprint density at radius 1 is 1.21 bits per heavy atom. The first-order valence-electron chi connectivity index (χ1n) is 5.26. The second-order valence-corrected chi connectivity index (χ2v) is 3.77. The molecule has 3 N–H and O–H groups in total. The molecule has 0 radical (unpaired) electrons. The molecule has 0 aromatic carbocycles. The zero-order chi connectivity index (χ0) is 10.2. The number of nitrogens with one attached hydrogen (secondary N) is 1. The highest BCUT2D eigenvalue weighted by Gasteiger charge is 2.12. The topological polar surface area (TPSA) is 53.8 Å². The fraction of sp³-hybridized carbons (Fsp3) is 1.00. The van der Waals surface area contributed by atoms with Crippen LogP contribution < -0.4 is 11.2 Å². The Morgan fingerprint density at radius 2 is 1.93 bits per heavy atom. The second-order valence-electron chi connectivity index (χ2n) is 3.77. The highest BCUT2D eigenvalue weighted by Crippen LogP contribution is 1.97. The number of piperazine rings is 1. The molecule has 0 aromatic heterocycles. The van der Waals surface area contributed by atoms with Crippen molar-refractivity contribution < 1.29 is 4.84 Å². The van der Waals surface area contributed by atoms with Crippen LogP contribution in [0.4, 0.5) is 0 Å². The Morgan fingerprint density at radius 3 is 2.57 bits per heavy atom. The normalized spacial score (nSPS) is 20.1. The van der Waals surface area contributed by atoms with Crippen molar-refractivity contribution in [3.05, 3.63) is 0 Å². The third kappa shape index (κ3) is 4.88. The number of hydrogen-bond donors (Lipinski definition) is 2. The Hall–Kier alpha value is -0.200. The molecule has 1 rings (SSSR count). The summed E-state index contributed by atoms with van der Waals surface area (Å²) >= 11 is 0. The van der Waals surface area contributed by atoms with Crippen LogP contribution >= 0.6 is 0 Å². The number of rotatable bonds is 6. The van der Waals surface area contributed by atoms with Gasteiger partial charge in [-0.25, -0.2) is 5.90 Å². The lowest BCUT2D eigenvalue weighted by Gasteiger charge is -2.32. The van der Waals surface area contributed by atoms with Gasteiger partial charge in [0.1, 0.15) is 0 Å². The molecule has 1 aliphatic rings. The molecule has 14 heavy (non-hydrogen) atoms. The van der Waals surface area contributed by atoms with Gasteiger partial charge in [-0.1, -0.05) is 0 Å². The average molecular weight is 204 g/mol. The van der Waals surface area contributed by atoms with Gasteiger partial charge in [-0.15, -0.1) is 0 Å². The zero-order valence-corrected chi connectivity index (χ0v) is 9.04. The smallest absolute Gasteiger partial charge is 0.0803 e. The van der Waals surface area contributed by atoms with Crippen molar-refractivity contribution in [3.63, 3.8) is 0 Å². The molecule has 0 aromatic rings. The maximum absolute atomic E-state index is 4.91. The van der Waals surface area contributed by atoms with Crippen molar-refractivity contribution in [1.82, 2.24) is 15.1 Å². The molecular formula is C9H22N4O. The van der Waals surface area contributed by atoms with Gasteiger partial charge in [-0.2, -0.15) is 0 Å². The van der Waals surface area contributed by atoms with Gasteiger partial charge in [0, 0.05) is 45.8 Å². The first kappa shape index (κ1) is 11.9. The number of nitrogens with zero attached hydrogens (tertiary/aromatic N) is 2. The molecule has 0 aliphatic carbocycles. The highest BCUT2D eigenvalue weighted by molar-refractivity contribution is 4.69. The van der Waals surface area contributed by atoms with Crippen molar-refractivity contribution in [2.45, 2.75) is 0 Å². The Balaban J connectivity index is 1.91. The predicted molar refractivity (Wildman–Crippen MR) is 56.9 cm³/mol. The lowest BCUT2D eigenvalue weighted by Crippen LogP contribution is -2.46. The van der Waals surface area contributed by atoms with Crippen LogP contribution in [0.2, 0.25) is 0 Å². The maximum atomic E-state index is 4.91. The Kier molecular flexibility index (Phi) is 6.05. The summed E-state index contributed by atoms with van der Waals surface area (Å²) in [5, 5.41) is 3.28. The van der Waals surface area contributed by atoms with E-state index in [0.29, 0.717) is 6.61 Å². The van der Waals surface area contributed by atoms with E-state index in [1.54, 1.807) is 0 Å². The molecule has 0 unspecified atom stereocenters. The predicted octanol–water partition coefficient (Wildman–Crippen LogP) is -1.29. The van der Waals surface area contributed by atoms with Crippen molar-refractivity contribution in [2.75, 3.05) is 59.5 Å². The minimum Gasteiger partial charge on any atom is -0.313 e. The van der Waals surface area contributed by atoms with E-state index in [1.165, 1.54) is 26.2 Å². The molecular weight excluding hydrogens is 182 g/mol. The zero-order valence-electron chi connectivity index (χ0n) is 9.04. The molecule has 0 bridgehead atoms. The lowest BCUT2D eigenvalue weighted by molar-refractivity contribution is 0.134.